The van der Waals surface area contributed by atoms with Crippen molar-refractivity contribution in [3.8, 4) is 5.88 Å². The fraction of sp³-hybridized carbons (Fsp3) is 0.375. The van der Waals surface area contributed by atoms with Crippen LogP contribution in [-0.4, -0.2) is 22.6 Å². The van der Waals surface area contributed by atoms with Crippen LogP contribution in [0.3, 0.4) is 0 Å². The molecule has 0 radical (unpaired) electrons. The molecule has 0 aliphatic heterocycles. The zero-order valence-electron chi connectivity index (χ0n) is 12.8. The zero-order chi connectivity index (χ0) is 15.2. The normalized spacial score (nSPS) is 10.7. The van der Waals surface area contributed by atoms with E-state index >= 15 is 0 Å². The highest BCUT2D eigenvalue weighted by Crippen LogP contribution is 2.29. The van der Waals surface area contributed by atoms with Crippen molar-refractivity contribution in [2.45, 2.75) is 33.4 Å². The van der Waals surface area contributed by atoms with Crippen LogP contribution in [0.1, 0.15) is 26.3 Å². The molecule has 0 aliphatic carbocycles. The predicted molar refractivity (Wildman–Crippen MR) is 85.4 cm³/mol. The Balaban J connectivity index is 2.25. The Labute approximate surface area is 125 Å². The summed E-state index contributed by atoms with van der Waals surface area (Å²) >= 11 is 0. The quantitative estimate of drug-likeness (QED) is 0.884. The molecule has 2 N–H and O–H groups in total. The first-order chi connectivity index (χ1) is 10.1. The molecule has 0 bridgehead atoms. The molecule has 21 heavy (non-hydrogen) atoms. The number of hydrogen-bond donors (Lipinski definition) is 1. The van der Waals surface area contributed by atoms with Crippen LogP contribution < -0.4 is 15.4 Å². The summed E-state index contributed by atoms with van der Waals surface area (Å²) in [6.07, 6.45) is 1.52. The molecule has 0 atom stereocenters. The summed E-state index contributed by atoms with van der Waals surface area (Å²) in [6, 6.07) is 10.2. The van der Waals surface area contributed by atoms with Gasteiger partial charge in [-0.2, -0.15) is 4.98 Å². The molecule has 0 amide bonds. The van der Waals surface area contributed by atoms with Gasteiger partial charge in [0.1, 0.15) is 12.0 Å². The van der Waals surface area contributed by atoms with Crippen LogP contribution in [0.4, 0.5) is 11.5 Å². The van der Waals surface area contributed by atoms with E-state index in [9.17, 15) is 0 Å². The average molecular weight is 286 g/mol. The van der Waals surface area contributed by atoms with E-state index in [1.54, 1.807) is 0 Å². The summed E-state index contributed by atoms with van der Waals surface area (Å²) in [5.41, 5.74) is 7.87. The molecule has 0 spiro atoms. The lowest BCUT2D eigenvalue weighted by Gasteiger charge is -2.24. The van der Waals surface area contributed by atoms with Crippen molar-refractivity contribution in [2.24, 2.45) is 0 Å². The van der Waals surface area contributed by atoms with Gasteiger partial charge in [-0.3, -0.25) is 0 Å². The van der Waals surface area contributed by atoms with Crippen LogP contribution in [-0.2, 0) is 6.54 Å². The van der Waals surface area contributed by atoms with Gasteiger partial charge in [0.25, 0.3) is 0 Å². The van der Waals surface area contributed by atoms with E-state index in [2.05, 4.69) is 33.9 Å². The summed E-state index contributed by atoms with van der Waals surface area (Å²) < 4.78 is 5.63. The summed E-state index contributed by atoms with van der Waals surface area (Å²) in [4.78, 5) is 10.6. The Morgan fingerprint density at radius 2 is 1.90 bits per heavy atom. The van der Waals surface area contributed by atoms with Gasteiger partial charge in [-0.15, -0.1) is 0 Å². The Morgan fingerprint density at radius 1 is 1.19 bits per heavy atom. The zero-order valence-corrected chi connectivity index (χ0v) is 12.8. The second kappa shape index (κ2) is 6.92. The average Bonchev–Trinajstić information content (AvgIpc) is 2.48. The van der Waals surface area contributed by atoms with E-state index in [1.807, 2.05) is 32.0 Å². The SMILES string of the molecule is CCN(Cc1ccccc1)c1ncnc(OC(C)C)c1N. The van der Waals surface area contributed by atoms with Gasteiger partial charge in [-0.1, -0.05) is 30.3 Å². The summed E-state index contributed by atoms with van der Waals surface area (Å²) in [6.45, 7) is 7.52. The molecule has 5 nitrogen and oxygen atoms in total. The standard InChI is InChI=1S/C16H22N4O/c1-4-20(10-13-8-6-5-7-9-13)15-14(17)16(19-11-18-15)21-12(2)3/h5-9,11-12H,4,10,17H2,1-3H3. The number of benzene rings is 1. The van der Waals surface area contributed by atoms with Crippen LogP contribution in [0.15, 0.2) is 36.7 Å². The van der Waals surface area contributed by atoms with Crippen molar-refractivity contribution in [3.63, 3.8) is 0 Å². The van der Waals surface area contributed by atoms with E-state index in [0.29, 0.717) is 17.4 Å². The van der Waals surface area contributed by atoms with Crippen LogP contribution in [0.2, 0.25) is 0 Å². The smallest absolute Gasteiger partial charge is 0.242 e. The highest BCUT2D eigenvalue weighted by molar-refractivity contribution is 5.67. The number of anilines is 2. The molecule has 1 aromatic heterocycles. The minimum absolute atomic E-state index is 0.0271. The highest BCUT2D eigenvalue weighted by Gasteiger charge is 2.16. The summed E-state index contributed by atoms with van der Waals surface area (Å²) in [5, 5.41) is 0. The number of aromatic nitrogens is 2. The van der Waals surface area contributed by atoms with Crippen molar-refractivity contribution in [2.75, 3.05) is 17.2 Å². The molecule has 0 aliphatic rings. The number of nitrogens with two attached hydrogens (primary N) is 1. The van der Waals surface area contributed by atoms with Gasteiger partial charge in [0, 0.05) is 13.1 Å². The van der Waals surface area contributed by atoms with E-state index < -0.39 is 0 Å². The van der Waals surface area contributed by atoms with Gasteiger partial charge in [0.2, 0.25) is 5.88 Å². The van der Waals surface area contributed by atoms with Crippen molar-refractivity contribution < 1.29 is 4.74 Å². The van der Waals surface area contributed by atoms with E-state index in [-0.39, 0.29) is 6.10 Å². The molecular weight excluding hydrogens is 264 g/mol. The maximum absolute atomic E-state index is 6.17. The van der Waals surface area contributed by atoms with Crippen molar-refractivity contribution in [1.29, 1.82) is 0 Å². The Morgan fingerprint density at radius 3 is 2.52 bits per heavy atom. The number of hydrogen-bond acceptors (Lipinski definition) is 5. The van der Waals surface area contributed by atoms with Gasteiger partial charge in [0.15, 0.2) is 5.82 Å². The second-order valence-electron chi connectivity index (χ2n) is 5.08. The number of rotatable bonds is 6. The first kappa shape index (κ1) is 15.1. The van der Waals surface area contributed by atoms with Gasteiger partial charge in [-0.25, -0.2) is 4.98 Å². The molecule has 0 saturated carbocycles. The second-order valence-corrected chi connectivity index (χ2v) is 5.08. The number of ether oxygens (including phenoxy) is 1. The largest absolute Gasteiger partial charge is 0.473 e. The monoisotopic (exact) mass is 286 g/mol. The van der Waals surface area contributed by atoms with Crippen LogP contribution >= 0.6 is 0 Å². The first-order valence-corrected chi connectivity index (χ1v) is 7.17. The molecule has 0 unspecified atom stereocenters. The third-order valence-electron chi connectivity index (χ3n) is 3.07. The van der Waals surface area contributed by atoms with E-state index in [1.165, 1.54) is 11.9 Å². The van der Waals surface area contributed by atoms with Crippen LogP contribution in [0, 0.1) is 0 Å². The first-order valence-electron chi connectivity index (χ1n) is 7.17. The summed E-state index contributed by atoms with van der Waals surface area (Å²) in [7, 11) is 0. The molecule has 1 aromatic carbocycles. The van der Waals surface area contributed by atoms with Gasteiger partial charge in [0.05, 0.1) is 6.10 Å². The predicted octanol–water partition coefficient (Wildman–Crippen LogP) is 2.87. The summed E-state index contributed by atoms with van der Waals surface area (Å²) in [5.74, 6) is 1.16. The third kappa shape index (κ3) is 3.84. The maximum atomic E-state index is 6.17. The molecule has 5 heteroatoms. The van der Waals surface area contributed by atoms with E-state index in [0.717, 1.165) is 13.1 Å². The fourth-order valence-electron chi connectivity index (χ4n) is 2.08. The van der Waals surface area contributed by atoms with E-state index in [4.69, 9.17) is 10.5 Å². The van der Waals surface area contributed by atoms with Gasteiger partial charge >= 0.3 is 0 Å². The molecule has 2 aromatic rings. The molecular formula is C16H22N4O. The molecule has 2 rings (SSSR count). The maximum Gasteiger partial charge on any atom is 0.242 e. The number of nitrogens with zero attached hydrogens (tertiary/aromatic N) is 3. The molecule has 1 heterocycles. The lowest BCUT2D eigenvalue weighted by atomic mass is 10.2. The lowest BCUT2D eigenvalue weighted by Crippen LogP contribution is -2.25. The molecule has 112 valence electrons. The Kier molecular flexibility index (Phi) is 4.98. The van der Waals surface area contributed by atoms with Gasteiger partial charge < -0.3 is 15.4 Å². The van der Waals surface area contributed by atoms with Crippen LogP contribution in [0.25, 0.3) is 0 Å². The highest BCUT2D eigenvalue weighted by atomic mass is 16.5. The Bertz CT molecular complexity index is 572. The number of nitrogen functional groups attached to an aromatic ring is 1. The van der Waals surface area contributed by atoms with Crippen molar-refractivity contribution in [1.82, 2.24) is 9.97 Å². The van der Waals surface area contributed by atoms with Crippen LogP contribution in [0.5, 0.6) is 5.88 Å². The lowest BCUT2D eigenvalue weighted by molar-refractivity contribution is 0.234. The van der Waals surface area contributed by atoms with Gasteiger partial charge in [-0.05, 0) is 26.3 Å². The van der Waals surface area contributed by atoms with Crippen molar-refractivity contribution >= 4 is 11.5 Å². The minimum Gasteiger partial charge on any atom is -0.473 e. The molecule has 0 fully saturated rings. The third-order valence-corrected chi connectivity index (χ3v) is 3.07. The fourth-order valence-corrected chi connectivity index (χ4v) is 2.08. The van der Waals surface area contributed by atoms with Crippen molar-refractivity contribution in [3.05, 3.63) is 42.2 Å². The molecule has 0 saturated heterocycles. The topological polar surface area (TPSA) is 64.3 Å². The Hall–Kier alpha value is -2.30. The minimum atomic E-state index is 0.0271.